The SMILES string of the molecule is CCNC(c1ccncc1)c1ccc(C(F)(F)F)cc1C. The summed E-state index contributed by atoms with van der Waals surface area (Å²) in [7, 11) is 0. The summed E-state index contributed by atoms with van der Waals surface area (Å²) < 4.78 is 38.2. The fourth-order valence-corrected chi connectivity index (χ4v) is 2.34. The standard InChI is InChI=1S/C16H17F3N2/c1-3-21-15(12-6-8-20-9-7-12)14-5-4-13(10-11(14)2)16(17,18)19/h4-10,15,21H,3H2,1-2H3. The van der Waals surface area contributed by atoms with Crippen LogP contribution in [0.5, 0.6) is 0 Å². The molecule has 0 bridgehead atoms. The van der Waals surface area contributed by atoms with Gasteiger partial charge in [0.05, 0.1) is 11.6 Å². The van der Waals surface area contributed by atoms with Gasteiger partial charge in [-0.25, -0.2) is 0 Å². The Hall–Kier alpha value is -1.88. The van der Waals surface area contributed by atoms with Crippen LogP contribution in [0.25, 0.3) is 0 Å². The molecule has 21 heavy (non-hydrogen) atoms. The van der Waals surface area contributed by atoms with Gasteiger partial charge < -0.3 is 5.32 Å². The number of aryl methyl sites for hydroxylation is 1. The van der Waals surface area contributed by atoms with Crippen LogP contribution in [-0.4, -0.2) is 11.5 Å². The van der Waals surface area contributed by atoms with Gasteiger partial charge in [0.1, 0.15) is 0 Å². The minimum absolute atomic E-state index is 0.139. The van der Waals surface area contributed by atoms with Gasteiger partial charge in [0, 0.05) is 12.4 Å². The summed E-state index contributed by atoms with van der Waals surface area (Å²) in [6.45, 7) is 4.39. The number of nitrogens with one attached hydrogen (secondary N) is 1. The summed E-state index contributed by atoms with van der Waals surface area (Å²) in [6.07, 6.45) is -0.953. The van der Waals surface area contributed by atoms with E-state index in [1.807, 2.05) is 19.1 Å². The van der Waals surface area contributed by atoms with Crippen LogP contribution in [0, 0.1) is 6.92 Å². The number of pyridine rings is 1. The third-order valence-electron chi connectivity index (χ3n) is 3.36. The summed E-state index contributed by atoms with van der Waals surface area (Å²) in [6, 6.07) is 7.47. The van der Waals surface area contributed by atoms with Crippen LogP contribution in [0.4, 0.5) is 13.2 Å². The Balaban J connectivity index is 2.42. The highest BCUT2D eigenvalue weighted by atomic mass is 19.4. The van der Waals surface area contributed by atoms with Crippen molar-refractivity contribution in [2.75, 3.05) is 6.54 Å². The van der Waals surface area contributed by atoms with E-state index in [0.29, 0.717) is 12.1 Å². The first-order valence-corrected chi connectivity index (χ1v) is 6.74. The molecule has 0 saturated heterocycles. The van der Waals surface area contributed by atoms with Gasteiger partial charge >= 0.3 is 6.18 Å². The molecule has 2 rings (SSSR count). The first-order valence-electron chi connectivity index (χ1n) is 6.74. The number of hydrogen-bond donors (Lipinski definition) is 1. The van der Waals surface area contributed by atoms with E-state index in [2.05, 4.69) is 10.3 Å². The smallest absolute Gasteiger partial charge is 0.307 e. The normalized spacial score (nSPS) is 13.2. The molecule has 5 heteroatoms. The topological polar surface area (TPSA) is 24.9 Å². The quantitative estimate of drug-likeness (QED) is 0.918. The first kappa shape index (κ1) is 15.5. The van der Waals surface area contributed by atoms with Crippen molar-refractivity contribution < 1.29 is 13.2 Å². The number of alkyl halides is 3. The molecule has 1 unspecified atom stereocenters. The van der Waals surface area contributed by atoms with Gasteiger partial charge in [-0.1, -0.05) is 13.0 Å². The monoisotopic (exact) mass is 294 g/mol. The van der Waals surface area contributed by atoms with Crippen molar-refractivity contribution in [3.63, 3.8) is 0 Å². The number of nitrogens with zero attached hydrogens (tertiary/aromatic N) is 1. The van der Waals surface area contributed by atoms with Crippen LogP contribution in [0.3, 0.4) is 0 Å². The third-order valence-corrected chi connectivity index (χ3v) is 3.36. The zero-order valence-electron chi connectivity index (χ0n) is 11.9. The van der Waals surface area contributed by atoms with Crippen molar-refractivity contribution in [2.24, 2.45) is 0 Å². The predicted octanol–water partition coefficient (Wildman–Crippen LogP) is 4.11. The zero-order chi connectivity index (χ0) is 15.5. The summed E-state index contributed by atoms with van der Waals surface area (Å²) in [5.74, 6) is 0. The molecule has 1 heterocycles. The molecule has 0 fully saturated rings. The molecule has 0 amide bonds. The Kier molecular flexibility index (Phi) is 4.63. The summed E-state index contributed by atoms with van der Waals surface area (Å²) >= 11 is 0. The van der Waals surface area contributed by atoms with Gasteiger partial charge in [-0.05, 0) is 54.4 Å². The lowest BCUT2D eigenvalue weighted by atomic mass is 9.94. The first-order chi connectivity index (χ1) is 9.93. The van der Waals surface area contributed by atoms with Crippen LogP contribution in [-0.2, 0) is 6.18 Å². The van der Waals surface area contributed by atoms with E-state index < -0.39 is 11.7 Å². The van der Waals surface area contributed by atoms with Crippen molar-refractivity contribution >= 4 is 0 Å². The summed E-state index contributed by atoms with van der Waals surface area (Å²) in [5, 5.41) is 3.31. The lowest BCUT2D eigenvalue weighted by molar-refractivity contribution is -0.137. The van der Waals surface area contributed by atoms with E-state index >= 15 is 0 Å². The van der Waals surface area contributed by atoms with Crippen molar-refractivity contribution in [3.8, 4) is 0 Å². The fraction of sp³-hybridized carbons (Fsp3) is 0.312. The Morgan fingerprint density at radius 2 is 1.81 bits per heavy atom. The maximum Gasteiger partial charge on any atom is 0.416 e. The van der Waals surface area contributed by atoms with E-state index in [0.717, 1.165) is 17.2 Å². The lowest BCUT2D eigenvalue weighted by Crippen LogP contribution is -2.23. The average molecular weight is 294 g/mol. The van der Waals surface area contributed by atoms with Gasteiger partial charge in [-0.2, -0.15) is 13.2 Å². The number of halogens is 3. The van der Waals surface area contributed by atoms with Crippen molar-refractivity contribution in [1.82, 2.24) is 10.3 Å². The molecule has 2 aromatic rings. The van der Waals surface area contributed by atoms with Crippen LogP contribution in [0.15, 0.2) is 42.7 Å². The minimum atomic E-state index is -4.31. The van der Waals surface area contributed by atoms with Gasteiger partial charge in [-0.15, -0.1) is 0 Å². The number of aromatic nitrogens is 1. The maximum atomic E-state index is 12.7. The van der Waals surface area contributed by atoms with Crippen LogP contribution in [0.2, 0.25) is 0 Å². The number of benzene rings is 1. The zero-order valence-corrected chi connectivity index (χ0v) is 11.9. The van der Waals surface area contributed by atoms with Gasteiger partial charge in [0.25, 0.3) is 0 Å². The molecule has 0 spiro atoms. The van der Waals surface area contributed by atoms with E-state index in [9.17, 15) is 13.2 Å². The van der Waals surface area contributed by atoms with Crippen LogP contribution >= 0.6 is 0 Å². The molecule has 2 nitrogen and oxygen atoms in total. The predicted molar refractivity (Wildman–Crippen MR) is 75.9 cm³/mol. The van der Waals surface area contributed by atoms with Gasteiger partial charge in [0.15, 0.2) is 0 Å². The van der Waals surface area contributed by atoms with E-state index in [1.54, 1.807) is 25.4 Å². The number of hydrogen-bond acceptors (Lipinski definition) is 2. The highest BCUT2D eigenvalue weighted by Crippen LogP contribution is 2.33. The molecule has 1 aromatic carbocycles. The molecule has 1 atom stereocenters. The van der Waals surface area contributed by atoms with Crippen LogP contribution < -0.4 is 5.32 Å². The molecule has 1 aromatic heterocycles. The Morgan fingerprint density at radius 3 is 2.33 bits per heavy atom. The maximum absolute atomic E-state index is 12.7. The second kappa shape index (κ2) is 6.26. The molecular weight excluding hydrogens is 277 g/mol. The van der Waals surface area contributed by atoms with Crippen LogP contribution in [0.1, 0.15) is 35.2 Å². The van der Waals surface area contributed by atoms with Crippen molar-refractivity contribution in [3.05, 3.63) is 65.0 Å². The molecule has 0 radical (unpaired) electrons. The molecule has 112 valence electrons. The van der Waals surface area contributed by atoms with Gasteiger partial charge in [-0.3, -0.25) is 4.98 Å². The molecule has 1 N–H and O–H groups in total. The molecule has 0 saturated carbocycles. The van der Waals surface area contributed by atoms with E-state index in [1.165, 1.54) is 6.07 Å². The van der Waals surface area contributed by atoms with Gasteiger partial charge in [0.2, 0.25) is 0 Å². The second-order valence-corrected chi connectivity index (χ2v) is 4.84. The molecule has 0 aliphatic carbocycles. The highest BCUT2D eigenvalue weighted by Gasteiger charge is 2.31. The average Bonchev–Trinajstić information content (AvgIpc) is 2.45. The molecule has 0 aliphatic heterocycles. The fourth-order valence-electron chi connectivity index (χ4n) is 2.34. The third kappa shape index (κ3) is 3.61. The summed E-state index contributed by atoms with van der Waals surface area (Å²) in [5.41, 5.74) is 1.83. The lowest BCUT2D eigenvalue weighted by Gasteiger charge is -2.21. The van der Waals surface area contributed by atoms with E-state index in [4.69, 9.17) is 0 Å². The summed E-state index contributed by atoms with van der Waals surface area (Å²) in [4.78, 5) is 3.97. The molecular formula is C16H17F3N2. The minimum Gasteiger partial charge on any atom is -0.307 e. The largest absolute Gasteiger partial charge is 0.416 e. The van der Waals surface area contributed by atoms with Crippen molar-refractivity contribution in [2.45, 2.75) is 26.1 Å². The Bertz CT molecular complexity index is 594. The Labute approximate surface area is 122 Å². The van der Waals surface area contributed by atoms with E-state index in [-0.39, 0.29) is 6.04 Å². The number of rotatable bonds is 4. The highest BCUT2D eigenvalue weighted by molar-refractivity contribution is 5.39. The molecule has 0 aliphatic rings. The Morgan fingerprint density at radius 1 is 1.14 bits per heavy atom. The van der Waals surface area contributed by atoms with Crippen molar-refractivity contribution in [1.29, 1.82) is 0 Å². The second-order valence-electron chi connectivity index (χ2n) is 4.84.